The van der Waals surface area contributed by atoms with Crippen molar-refractivity contribution in [1.29, 1.82) is 0 Å². The Bertz CT molecular complexity index is 560. The first kappa shape index (κ1) is 16.1. The molecule has 2 rings (SSSR count). The van der Waals surface area contributed by atoms with Crippen LogP contribution in [0.25, 0.3) is 0 Å². The molecule has 0 spiro atoms. The lowest BCUT2D eigenvalue weighted by Gasteiger charge is -2.18. The third kappa shape index (κ3) is 5.55. The number of benzene rings is 1. The number of nitrogens with two attached hydrogens (primary N) is 1. The van der Waals surface area contributed by atoms with Crippen molar-refractivity contribution in [3.63, 3.8) is 0 Å². The second kappa shape index (κ2) is 7.13. The summed E-state index contributed by atoms with van der Waals surface area (Å²) < 4.78 is 24.4. The van der Waals surface area contributed by atoms with Crippen LogP contribution in [-0.4, -0.2) is 14.5 Å². The molecule has 1 aliphatic carbocycles. The third-order valence-electron chi connectivity index (χ3n) is 4.16. The molecule has 6 heteroatoms. The molecule has 0 radical (unpaired) electrons. The molecule has 1 aromatic rings. The van der Waals surface area contributed by atoms with Crippen LogP contribution in [0.15, 0.2) is 24.3 Å². The van der Waals surface area contributed by atoms with E-state index in [-0.39, 0.29) is 0 Å². The molecule has 5 nitrogen and oxygen atoms in total. The van der Waals surface area contributed by atoms with E-state index in [1.54, 1.807) is 12.1 Å². The van der Waals surface area contributed by atoms with Gasteiger partial charge in [-0.15, -0.1) is 0 Å². The summed E-state index contributed by atoms with van der Waals surface area (Å²) in [6.07, 6.45) is 7.45. The van der Waals surface area contributed by atoms with Crippen molar-refractivity contribution < 1.29 is 8.42 Å². The highest BCUT2D eigenvalue weighted by atomic mass is 32.2. The molecule has 0 amide bonds. The van der Waals surface area contributed by atoms with E-state index in [9.17, 15) is 8.42 Å². The summed E-state index contributed by atoms with van der Waals surface area (Å²) in [4.78, 5) is 0. The lowest BCUT2D eigenvalue weighted by atomic mass is 9.98. The van der Waals surface area contributed by atoms with E-state index in [0.29, 0.717) is 11.7 Å². The van der Waals surface area contributed by atoms with Crippen molar-refractivity contribution in [1.82, 2.24) is 0 Å². The summed E-state index contributed by atoms with van der Waals surface area (Å²) in [6.45, 7) is 2.26. The van der Waals surface area contributed by atoms with Crippen LogP contribution in [0.4, 0.5) is 11.4 Å². The van der Waals surface area contributed by atoms with E-state index in [1.165, 1.54) is 38.5 Å². The van der Waals surface area contributed by atoms with E-state index < -0.39 is 10.2 Å². The average molecular weight is 311 g/mol. The SMILES string of the molecule is CCC1CCCC(Nc2cccc(NS(N)(=O)=O)c2)CC1. The monoisotopic (exact) mass is 311 g/mol. The molecular formula is C15H25N3O2S. The molecule has 0 aliphatic heterocycles. The Balaban J connectivity index is 1.98. The minimum absolute atomic E-state index is 0.464. The van der Waals surface area contributed by atoms with Gasteiger partial charge in [-0.05, 0) is 43.4 Å². The molecule has 118 valence electrons. The van der Waals surface area contributed by atoms with Crippen LogP contribution in [0, 0.1) is 5.92 Å². The third-order valence-corrected chi connectivity index (χ3v) is 4.68. The maximum Gasteiger partial charge on any atom is 0.296 e. The minimum atomic E-state index is -3.72. The van der Waals surface area contributed by atoms with Gasteiger partial charge in [0.05, 0.1) is 5.69 Å². The Kier molecular flexibility index (Phi) is 5.47. The van der Waals surface area contributed by atoms with Crippen LogP contribution in [0.5, 0.6) is 0 Å². The van der Waals surface area contributed by atoms with Crippen molar-refractivity contribution in [3.05, 3.63) is 24.3 Å². The molecule has 4 N–H and O–H groups in total. The van der Waals surface area contributed by atoms with Crippen LogP contribution in [0.1, 0.15) is 45.4 Å². The molecule has 2 unspecified atom stereocenters. The Morgan fingerprint density at radius 1 is 1.19 bits per heavy atom. The molecule has 1 saturated carbocycles. The van der Waals surface area contributed by atoms with E-state index in [1.807, 2.05) is 12.1 Å². The molecule has 0 aromatic heterocycles. The van der Waals surface area contributed by atoms with Crippen molar-refractivity contribution in [2.45, 2.75) is 51.5 Å². The smallest absolute Gasteiger partial charge is 0.296 e. The zero-order valence-electron chi connectivity index (χ0n) is 12.5. The predicted octanol–water partition coefficient (Wildman–Crippen LogP) is 3.07. The highest BCUT2D eigenvalue weighted by Gasteiger charge is 2.17. The van der Waals surface area contributed by atoms with Crippen LogP contribution in [0.3, 0.4) is 0 Å². The summed E-state index contributed by atoms with van der Waals surface area (Å²) in [5, 5.41) is 8.51. The summed E-state index contributed by atoms with van der Waals surface area (Å²) in [5.74, 6) is 0.854. The van der Waals surface area contributed by atoms with Gasteiger partial charge >= 0.3 is 0 Å². The van der Waals surface area contributed by atoms with Crippen LogP contribution in [0.2, 0.25) is 0 Å². The van der Waals surface area contributed by atoms with Gasteiger partial charge in [0.1, 0.15) is 0 Å². The number of hydrogen-bond acceptors (Lipinski definition) is 3. The van der Waals surface area contributed by atoms with Crippen LogP contribution >= 0.6 is 0 Å². The van der Waals surface area contributed by atoms with Crippen molar-refractivity contribution >= 4 is 21.6 Å². The van der Waals surface area contributed by atoms with Gasteiger partial charge in [0.2, 0.25) is 0 Å². The van der Waals surface area contributed by atoms with Gasteiger partial charge < -0.3 is 5.32 Å². The van der Waals surface area contributed by atoms with E-state index >= 15 is 0 Å². The van der Waals surface area contributed by atoms with Gasteiger partial charge in [0.25, 0.3) is 10.2 Å². The molecule has 0 saturated heterocycles. The Morgan fingerprint density at radius 2 is 1.95 bits per heavy atom. The van der Waals surface area contributed by atoms with E-state index in [2.05, 4.69) is 17.0 Å². The number of rotatable bonds is 5. The first-order valence-corrected chi connectivity index (χ1v) is 9.18. The molecular weight excluding hydrogens is 286 g/mol. The van der Waals surface area contributed by atoms with Crippen molar-refractivity contribution in [2.24, 2.45) is 11.1 Å². The highest BCUT2D eigenvalue weighted by molar-refractivity contribution is 7.90. The second-order valence-electron chi connectivity index (χ2n) is 5.85. The van der Waals surface area contributed by atoms with Gasteiger partial charge in [-0.1, -0.05) is 32.3 Å². The number of anilines is 2. The Labute approximate surface area is 127 Å². The maximum atomic E-state index is 11.1. The van der Waals surface area contributed by atoms with Gasteiger partial charge in [0.15, 0.2) is 0 Å². The van der Waals surface area contributed by atoms with Crippen molar-refractivity contribution in [2.75, 3.05) is 10.0 Å². The van der Waals surface area contributed by atoms with Gasteiger partial charge in [-0.2, -0.15) is 8.42 Å². The topological polar surface area (TPSA) is 84.2 Å². The zero-order chi connectivity index (χ0) is 15.3. The quantitative estimate of drug-likeness (QED) is 0.731. The normalized spacial score (nSPS) is 23.3. The highest BCUT2D eigenvalue weighted by Crippen LogP contribution is 2.27. The average Bonchev–Trinajstić information content (AvgIpc) is 2.62. The van der Waals surface area contributed by atoms with Crippen LogP contribution in [-0.2, 0) is 10.2 Å². The molecule has 0 heterocycles. The minimum Gasteiger partial charge on any atom is -0.382 e. The fraction of sp³-hybridized carbons (Fsp3) is 0.600. The molecule has 1 fully saturated rings. The molecule has 1 aliphatic rings. The van der Waals surface area contributed by atoms with Crippen LogP contribution < -0.4 is 15.2 Å². The first-order valence-electron chi connectivity index (χ1n) is 7.63. The Morgan fingerprint density at radius 3 is 2.67 bits per heavy atom. The van der Waals surface area contributed by atoms with Gasteiger partial charge in [-0.3, -0.25) is 4.72 Å². The predicted molar refractivity (Wildman–Crippen MR) is 87.4 cm³/mol. The summed E-state index contributed by atoms with van der Waals surface area (Å²) in [6, 6.07) is 7.71. The maximum absolute atomic E-state index is 11.1. The largest absolute Gasteiger partial charge is 0.382 e. The summed E-state index contributed by atoms with van der Waals surface area (Å²) >= 11 is 0. The van der Waals surface area contributed by atoms with E-state index in [4.69, 9.17) is 5.14 Å². The van der Waals surface area contributed by atoms with E-state index in [0.717, 1.165) is 11.6 Å². The fourth-order valence-corrected chi connectivity index (χ4v) is 3.46. The number of hydrogen-bond donors (Lipinski definition) is 3. The molecule has 2 atom stereocenters. The zero-order valence-corrected chi connectivity index (χ0v) is 13.3. The first-order chi connectivity index (χ1) is 9.96. The Hall–Kier alpha value is -1.27. The standard InChI is InChI=1S/C15H25N3O2S/c1-2-12-5-3-6-13(10-9-12)17-14-7-4-8-15(11-14)18-21(16,19)20/h4,7-8,11-13,17-18H,2-3,5-6,9-10H2,1H3,(H2,16,19,20). The molecule has 0 bridgehead atoms. The summed E-state index contributed by atoms with van der Waals surface area (Å²) in [5.41, 5.74) is 1.42. The lowest BCUT2D eigenvalue weighted by Crippen LogP contribution is -2.22. The summed E-state index contributed by atoms with van der Waals surface area (Å²) in [7, 11) is -3.72. The number of nitrogens with one attached hydrogen (secondary N) is 2. The van der Waals surface area contributed by atoms with Crippen molar-refractivity contribution in [3.8, 4) is 0 Å². The lowest BCUT2D eigenvalue weighted by molar-refractivity contribution is 0.444. The molecule has 21 heavy (non-hydrogen) atoms. The fourth-order valence-electron chi connectivity index (χ4n) is 3.00. The molecule has 1 aromatic carbocycles. The van der Waals surface area contributed by atoms with Gasteiger partial charge in [-0.25, -0.2) is 5.14 Å². The van der Waals surface area contributed by atoms with Gasteiger partial charge in [0, 0.05) is 11.7 Å². The second-order valence-corrected chi connectivity index (χ2v) is 7.15.